The Morgan fingerprint density at radius 3 is 2.63 bits per heavy atom. The average molecular weight is 285 g/mol. The van der Waals surface area contributed by atoms with Gasteiger partial charge < -0.3 is 5.32 Å². The van der Waals surface area contributed by atoms with Crippen molar-refractivity contribution in [1.82, 2.24) is 4.72 Å². The van der Waals surface area contributed by atoms with Crippen LogP contribution in [0.25, 0.3) is 0 Å². The van der Waals surface area contributed by atoms with Crippen molar-refractivity contribution >= 4 is 21.4 Å². The maximum absolute atomic E-state index is 12.0. The molecule has 0 aromatic heterocycles. The Morgan fingerprint density at radius 1 is 1.42 bits per heavy atom. The summed E-state index contributed by atoms with van der Waals surface area (Å²) in [7, 11) is -2.09. The zero-order valence-corrected chi connectivity index (χ0v) is 11.2. The number of rotatable bonds is 6. The molecule has 1 saturated carbocycles. The van der Waals surface area contributed by atoms with E-state index in [0.29, 0.717) is 12.5 Å². The number of benzene rings is 1. The summed E-state index contributed by atoms with van der Waals surface area (Å²) in [5, 5.41) is 13.4. The minimum atomic E-state index is -3.60. The third-order valence-corrected chi connectivity index (χ3v) is 4.42. The van der Waals surface area contributed by atoms with Gasteiger partial charge in [-0.25, -0.2) is 13.1 Å². The Morgan fingerprint density at radius 2 is 2.11 bits per heavy atom. The Kier molecular flexibility index (Phi) is 3.72. The second-order valence-corrected chi connectivity index (χ2v) is 6.25. The van der Waals surface area contributed by atoms with E-state index < -0.39 is 14.9 Å². The van der Waals surface area contributed by atoms with E-state index in [1.165, 1.54) is 25.2 Å². The van der Waals surface area contributed by atoms with Crippen molar-refractivity contribution in [3.63, 3.8) is 0 Å². The van der Waals surface area contributed by atoms with E-state index in [9.17, 15) is 18.5 Å². The number of anilines is 1. The van der Waals surface area contributed by atoms with E-state index in [4.69, 9.17) is 0 Å². The molecule has 1 aromatic carbocycles. The van der Waals surface area contributed by atoms with Gasteiger partial charge in [-0.05, 0) is 30.9 Å². The van der Waals surface area contributed by atoms with Crippen molar-refractivity contribution in [3.05, 3.63) is 28.3 Å². The maximum atomic E-state index is 12.0. The number of sulfonamides is 1. The van der Waals surface area contributed by atoms with Gasteiger partial charge in [-0.3, -0.25) is 10.1 Å². The molecule has 2 rings (SSSR count). The first-order valence-electron chi connectivity index (χ1n) is 5.90. The molecular weight excluding hydrogens is 270 g/mol. The fourth-order valence-electron chi connectivity index (χ4n) is 1.67. The van der Waals surface area contributed by atoms with Gasteiger partial charge in [0.2, 0.25) is 10.0 Å². The fraction of sp³-hybridized carbons (Fsp3) is 0.455. The molecule has 1 aromatic rings. The van der Waals surface area contributed by atoms with Gasteiger partial charge in [-0.2, -0.15) is 0 Å². The van der Waals surface area contributed by atoms with Crippen molar-refractivity contribution in [3.8, 4) is 0 Å². The number of hydrogen-bond acceptors (Lipinski definition) is 5. The van der Waals surface area contributed by atoms with Crippen LogP contribution in [0, 0.1) is 16.0 Å². The zero-order valence-electron chi connectivity index (χ0n) is 10.4. The first-order valence-corrected chi connectivity index (χ1v) is 7.38. The summed E-state index contributed by atoms with van der Waals surface area (Å²) in [4.78, 5) is 10.2. The molecule has 7 nitrogen and oxygen atoms in total. The molecule has 104 valence electrons. The fourth-order valence-corrected chi connectivity index (χ4v) is 2.82. The highest BCUT2D eigenvalue weighted by molar-refractivity contribution is 7.89. The van der Waals surface area contributed by atoms with Crippen LogP contribution >= 0.6 is 0 Å². The number of nitro benzene ring substituents is 1. The lowest BCUT2D eigenvalue weighted by atomic mass is 10.3. The van der Waals surface area contributed by atoms with Gasteiger partial charge in [0.05, 0.1) is 9.82 Å². The van der Waals surface area contributed by atoms with Crippen LogP contribution in [0.2, 0.25) is 0 Å². The van der Waals surface area contributed by atoms with E-state index in [0.717, 1.165) is 12.8 Å². The SMILES string of the molecule is CNc1cc(S(=O)(=O)NCC2CC2)ccc1[N+](=O)[O-]. The summed E-state index contributed by atoms with van der Waals surface area (Å²) in [5.74, 6) is 0.427. The van der Waals surface area contributed by atoms with Crippen molar-refractivity contribution in [2.24, 2.45) is 5.92 Å². The van der Waals surface area contributed by atoms with Crippen LogP contribution in [0.15, 0.2) is 23.1 Å². The standard InChI is InChI=1S/C11H15N3O4S/c1-12-10-6-9(4-5-11(10)14(15)16)19(17,18)13-7-8-2-3-8/h4-6,8,12-13H,2-3,7H2,1H3. The van der Waals surface area contributed by atoms with Gasteiger partial charge in [0.1, 0.15) is 5.69 Å². The van der Waals surface area contributed by atoms with E-state index >= 15 is 0 Å². The lowest BCUT2D eigenvalue weighted by Crippen LogP contribution is -2.25. The molecule has 0 heterocycles. The highest BCUT2D eigenvalue weighted by atomic mass is 32.2. The molecule has 0 aliphatic heterocycles. The molecular formula is C11H15N3O4S. The van der Waals surface area contributed by atoms with Crippen LogP contribution < -0.4 is 10.0 Å². The second-order valence-electron chi connectivity index (χ2n) is 4.48. The largest absolute Gasteiger partial charge is 0.383 e. The second kappa shape index (κ2) is 5.14. The number of hydrogen-bond donors (Lipinski definition) is 2. The Balaban J connectivity index is 2.26. The quantitative estimate of drug-likeness (QED) is 0.606. The molecule has 0 bridgehead atoms. The van der Waals surface area contributed by atoms with Gasteiger partial charge >= 0.3 is 0 Å². The van der Waals surface area contributed by atoms with Crippen molar-refractivity contribution in [1.29, 1.82) is 0 Å². The van der Waals surface area contributed by atoms with Crippen LogP contribution in [0.3, 0.4) is 0 Å². The van der Waals surface area contributed by atoms with Crippen molar-refractivity contribution < 1.29 is 13.3 Å². The van der Waals surface area contributed by atoms with Gasteiger partial charge in [-0.1, -0.05) is 0 Å². The van der Waals surface area contributed by atoms with Crippen molar-refractivity contribution in [2.75, 3.05) is 18.9 Å². The third kappa shape index (κ3) is 3.21. The van der Waals surface area contributed by atoms with Crippen molar-refractivity contribution in [2.45, 2.75) is 17.7 Å². The summed E-state index contributed by atoms with van der Waals surface area (Å²) in [6.07, 6.45) is 2.09. The van der Waals surface area contributed by atoms with Crippen LogP contribution in [0.4, 0.5) is 11.4 Å². The summed E-state index contributed by atoms with van der Waals surface area (Å²) in [5.41, 5.74) is 0.0305. The van der Waals surface area contributed by atoms with E-state index in [1.807, 2.05) is 0 Å². The van der Waals surface area contributed by atoms with Gasteiger partial charge in [0.25, 0.3) is 5.69 Å². The summed E-state index contributed by atoms with van der Waals surface area (Å²) >= 11 is 0. The summed E-state index contributed by atoms with van der Waals surface area (Å²) in [6.45, 7) is 0.425. The summed E-state index contributed by atoms with van der Waals surface area (Å²) in [6, 6.07) is 3.71. The monoisotopic (exact) mass is 285 g/mol. The highest BCUT2D eigenvalue weighted by Gasteiger charge is 2.25. The number of nitrogens with one attached hydrogen (secondary N) is 2. The molecule has 19 heavy (non-hydrogen) atoms. The molecule has 2 N–H and O–H groups in total. The highest BCUT2D eigenvalue weighted by Crippen LogP contribution is 2.29. The van der Waals surface area contributed by atoms with E-state index in [1.54, 1.807) is 0 Å². The van der Waals surface area contributed by atoms with Gasteiger partial charge in [0, 0.05) is 19.7 Å². The molecule has 0 atom stereocenters. The molecule has 0 spiro atoms. The molecule has 0 radical (unpaired) electrons. The zero-order chi connectivity index (χ0) is 14.0. The molecule has 1 fully saturated rings. The molecule has 8 heteroatoms. The smallest absolute Gasteiger partial charge is 0.292 e. The van der Waals surface area contributed by atoms with Gasteiger partial charge in [0.15, 0.2) is 0 Å². The van der Waals surface area contributed by atoms with Crippen LogP contribution in [-0.4, -0.2) is 26.9 Å². The van der Waals surface area contributed by atoms with Crippen LogP contribution in [0.5, 0.6) is 0 Å². The molecule has 0 unspecified atom stereocenters. The Labute approximate surface area is 111 Å². The Hall–Kier alpha value is -1.67. The van der Waals surface area contributed by atoms with Crippen LogP contribution in [0.1, 0.15) is 12.8 Å². The predicted octanol–water partition coefficient (Wildman–Crippen LogP) is 1.32. The van der Waals surface area contributed by atoms with Gasteiger partial charge in [-0.15, -0.1) is 0 Å². The number of nitro groups is 1. The normalized spacial score (nSPS) is 15.2. The lowest BCUT2D eigenvalue weighted by molar-refractivity contribution is -0.384. The molecule has 0 saturated heterocycles. The third-order valence-electron chi connectivity index (χ3n) is 3.00. The molecule has 0 amide bonds. The maximum Gasteiger partial charge on any atom is 0.292 e. The lowest BCUT2D eigenvalue weighted by Gasteiger charge is -2.08. The Bertz CT molecular complexity index is 596. The minimum Gasteiger partial charge on any atom is -0.383 e. The average Bonchev–Trinajstić information content (AvgIpc) is 3.19. The molecule has 1 aliphatic rings. The first kappa shape index (κ1) is 13.8. The minimum absolute atomic E-state index is 0.0306. The summed E-state index contributed by atoms with van der Waals surface area (Å²) < 4.78 is 26.5. The van der Waals surface area contributed by atoms with Crippen LogP contribution in [-0.2, 0) is 10.0 Å². The van der Waals surface area contributed by atoms with E-state index in [2.05, 4.69) is 10.0 Å². The molecule has 1 aliphatic carbocycles. The number of nitrogens with zero attached hydrogens (tertiary/aromatic N) is 1. The predicted molar refractivity (Wildman–Crippen MR) is 70.6 cm³/mol. The topological polar surface area (TPSA) is 101 Å². The first-order chi connectivity index (χ1) is 8.94. The van der Waals surface area contributed by atoms with E-state index in [-0.39, 0.29) is 16.3 Å².